The molecule has 0 spiro atoms. The summed E-state index contributed by atoms with van der Waals surface area (Å²) in [5, 5.41) is 12.3. The van der Waals surface area contributed by atoms with Crippen molar-refractivity contribution in [3.8, 4) is 0 Å². The molecule has 2 aliphatic rings. The number of hydrogen-bond acceptors (Lipinski definition) is 4. The molecule has 0 saturated carbocycles. The highest BCUT2D eigenvalue weighted by Crippen LogP contribution is 2.21. The van der Waals surface area contributed by atoms with Gasteiger partial charge in [-0.15, -0.1) is 0 Å². The van der Waals surface area contributed by atoms with Crippen molar-refractivity contribution in [1.29, 1.82) is 0 Å². The maximum atomic E-state index is 12.3. The van der Waals surface area contributed by atoms with Gasteiger partial charge in [-0.2, -0.15) is 0 Å². The van der Waals surface area contributed by atoms with E-state index in [2.05, 4.69) is 5.32 Å². The lowest BCUT2D eigenvalue weighted by molar-refractivity contribution is -0.152. The van der Waals surface area contributed by atoms with E-state index < -0.39 is 12.0 Å². The fourth-order valence-corrected chi connectivity index (χ4v) is 2.72. The molecule has 6 nitrogen and oxygen atoms in total. The molecule has 0 bridgehead atoms. The second kappa shape index (κ2) is 5.67. The topological polar surface area (TPSA) is 78.9 Å². The quantitative estimate of drug-likeness (QED) is 0.733. The number of rotatable bonds is 3. The van der Waals surface area contributed by atoms with Gasteiger partial charge in [-0.1, -0.05) is 0 Å². The van der Waals surface area contributed by atoms with E-state index in [0.717, 1.165) is 12.8 Å². The highest BCUT2D eigenvalue weighted by atomic mass is 16.5. The van der Waals surface area contributed by atoms with Crippen molar-refractivity contribution < 1.29 is 19.4 Å². The van der Waals surface area contributed by atoms with E-state index in [9.17, 15) is 9.59 Å². The normalized spacial score (nSPS) is 32.5. The first kappa shape index (κ1) is 13.3. The molecule has 3 unspecified atom stereocenters. The Morgan fingerprint density at radius 2 is 2.17 bits per heavy atom. The molecule has 2 N–H and O–H groups in total. The van der Waals surface area contributed by atoms with Crippen molar-refractivity contribution in [2.24, 2.45) is 0 Å². The highest BCUT2D eigenvalue weighted by Gasteiger charge is 2.38. The lowest BCUT2D eigenvalue weighted by atomic mass is 10.0. The Balaban J connectivity index is 2.00. The Morgan fingerprint density at radius 3 is 2.78 bits per heavy atom. The summed E-state index contributed by atoms with van der Waals surface area (Å²) in [5.74, 6) is -0.994. The van der Waals surface area contributed by atoms with E-state index in [-0.39, 0.29) is 18.1 Å². The average molecular weight is 256 g/mol. The fourth-order valence-electron chi connectivity index (χ4n) is 2.72. The predicted octanol–water partition coefficient (Wildman–Crippen LogP) is -0.171. The van der Waals surface area contributed by atoms with E-state index >= 15 is 0 Å². The molecule has 18 heavy (non-hydrogen) atoms. The molecular formula is C12H20N2O4. The molecule has 2 rings (SSSR count). The minimum Gasteiger partial charge on any atom is -0.480 e. The van der Waals surface area contributed by atoms with Crippen LogP contribution in [0.3, 0.4) is 0 Å². The molecule has 6 heteroatoms. The van der Waals surface area contributed by atoms with Crippen molar-refractivity contribution in [2.45, 2.75) is 43.9 Å². The number of likely N-dealkylation sites (tertiary alicyclic amines) is 1. The number of nitrogens with zero attached hydrogens (tertiary/aromatic N) is 1. The van der Waals surface area contributed by atoms with Gasteiger partial charge in [0.05, 0.1) is 12.1 Å². The van der Waals surface area contributed by atoms with Crippen LogP contribution in [0.15, 0.2) is 0 Å². The lowest BCUT2D eigenvalue weighted by Gasteiger charge is -2.34. The van der Waals surface area contributed by atoms with Crippen LogP contribution in [0, 0.1) is 0 Å². The van der Waals surface area contributed by atoms with E-state index in [1.54, 1.807) is 7.11 Å². The predicted molar refractivity (Wildman–Crippen MR) is 64.2 cm³/mol. The summed E-state index contributed by atoms with van der Waals surface area (Å²) in [4.78, 5) is 25.0. The maximum Gasteiger partial charge on any atom is 0.326 e. The number of amides is 1. The Kier molecular flexibility index (Phi) is 4.19. The number of methoxy groups -OCH3 is 1. The summed E-state index contributed by atoms with van der Waals surface area (Å²) >= 11 is 0. The molecule has 2 heterocycles. The number of ether oxygens (including phenoxy) is 1. The summed E-state index contributed by atoms with van der Waals surface area (Å²) in [6.07, 6.45) is 2.99. The summed E-state index contributed by atoms with van der Waals surface area (Å²) in [6, 6.07) is -0.954. The zero-order chi connectivity index (χ0) is 13.1. The number of aliphatic carboxylic acids is 1. The first-order valence-corrected chi connectivity index (χ1v) is 6.43. The number of carbonyl (C=O) groups excluding carboxylic acids is 1. The van der Waals surface area contributed by atoms with Crippen molar-refractivity contribution >= 4 is 11.9 Å². The number of piperidine rings is 1. The third-order valence-electron chi connectivity index (χ3n) is 3.79. The minimum absolute atomic E-state index is 0.0482. The molecule has 102 valence electrons. The van der Waals surface area contributed by atoms with Crippen LogP contribution in [0.25, 0.3) is 0 Å². The molecule has 2 fully saturated rings. The maximum absolute atomic E-state index is 12.3. The number of carboxylic acid groups (broad SMARTS) is 1. The second-order valence-corrected chi connectivity index (χ2v) is 4.94. The molecular weight excluding hydrogens is 236 g/mol. The van der Waals surface area contributed by atoms with Crippen LogP contribution in [0.2, 0.25) is 0 Å². The van der Waals surface area contributed by atoms with Gasteiger partial charge in [-0.25, -0.2) is 4.79 Å². The van der Waals surface area contributed by atoms with Gasteiger partial charge in [0.2, 0.25) is 5.91 Å². The third-order valence-corrected chi connectivity index (χ3v) is 3.79. The lowest BCUT2D eigenvalue weighted by Crippen LogP contribution is -2.53. The molecule has 0 aromatic rings. The molecule has 0 radical (unpaired) electrons. The fraction of sp³-hybridized carbons (Fsp3) is 0.833. The van der Waals surface area contributed by atoms with Crippen LogP contribution in [0.1, 0.15) is 25.7 Å². The van der Waals surface area contributed by atoms with Gasteiger partial charge in [0.25, 0.3) is 0 Å². The number of carboxylic acids is 1. The van der Waals surface area contributed by atoms with Crippen LogP contribution >= 0.6 is 0 Å². The van der Waals surface area contributed by atoms with E-state index in [4.69, 9.17) is 9.84 Å². The van der Waals surface area contributed by atoms with E-state index in [1.807, 2.05) is 0 Å². The molecule has 2 aliphatic heterocycles. The Bertz CT molecular complexity index is 334. The van der Waals surface area contributed by atoms with Gasteiger partial charge < -0.3 is 20.1 Å². The third kappa shape index (κ3) is 2.64. The Labute approximate surface area is 106 Å². The number of carbonyl (C=O) groups is 2. The number of nitrogens with one attached hydrogen (secondary N) is 1. The molecule has 0 aromatic heterocycles. The smallest absolute Gasteiger partial charge is 0.326 e. The monoisotopic (exact) mass is 256 g/mol. The van der Waals surface area contributed by atoms with Crippen molar-refractivity contribution in [1.82, 2.24) is 10.2 Å². The Morgan fingerprint density at radius 1 is 1.39 bits per heavy atom. The van der Waals surface area contributed by atoms with E-state index in [1.165, 1.54) is 4.90 Å². The molecule has 0 aliphatic carbocycles. The number of hydrogen-bond donors (Lipinski definition) is 2. The van der Waals surface area contributed by atoms with Gasteiger partial charge in [0.15, 0.2) is 0 Å². The second-order valence-electron chi connectivity index (χ2n) is 4.94. The average Bonchev–Trinajstić information content (AvgIpc) is 2.86. The van der Waals surface area contributed by atoms with Crippen LogP contribution in [0.4, 0.5) is 0 Å². The van der Waals surface area contributed by atoms with Crippen LogP contribution in [0.5, 0.6) is 0 Å². The van der Waals surface area contributed by atoms with E-state index in [0.29, 0.717) is 25.9 Å². The minimum atomic E-state index is -0.899. The summed E-state index contributed by atoms with van der Waals surface area (Å²) in [7, 11) is 1.63. The Hall–Kier alpha value is -1.14. The van der Waals surface area contributed by atoms with Crippen LogP contribution in [-0.2, 0) is 14.3 Å². The van der Waals surface area contributed by atoms with Crippen LogP contribution in [-0.4, -0.2) is 60.3 Å². The summed E-state index contributed by atoms with van der Waals surface area (Å²) in [6.45, 7) is 1.20. The van der Waals surface area contributed by atoms with Crippen molar-refractivity contribution in [3.63, 3.8) is 0 Å². The van der Waals surface area contributed by atoms with Crippen molar-refractivity contribution in [2.75, 3.05) is 20.2 Å². The zero-order valence-corrected chi connectivity index (χ0v) is 10.6. The van der Waals surface area contributed by atoms with Crippen LogP contribution < -0.4 is 5.32 Å². The SMILES string of the molecule is COC1CNC(C(=O)N2CCCCC2C(=O)O)C1. The van der Waals surface area contributed by atoms with Gasteiger partial charge in [0, 0.05) is 20.2 Å². The van der Waals surface area contributed by atoms with Crippen molar-refractivity contribution in [3.05, 3.63) is 0 Å². The molecule has 2 saturated heterocycles. The van der Waals surface area contributed by atoms with Gasteiger partial charge in [-0.05, 0) is 25.7 Å². The van der Waals surface area contributed by atoms with Gasteiger partial charge in [0.1, 0.15) is 6.04 Å². The summed E-state index contributed by atoms with van der Waals surface area (Å²) in [5.41, 5.74) is 0. The summed E-state index contributed by atoms with van der Waals surface area (Å²) < 4.78 is 5.20. The molecule has 3 atom stereocenters. The highest BCUT2D eigenvalue weighted by molar-refractivity contribution is 5.87. The molecule has 1 amide bonds. The molecule has 0 aromatic carbocycles. The first-order chi connectivity index (χ1) is 8.63. The zero-order valence-electron chi connectivity index (χ0n) is 10.6. The first-order valence-electron chi connectivity index (χ1n) is 6.43. The standard InChI is InChI=1S/C12H20N2O4/c1-18-8-6-9(13-7-8)11(15)14-5-3-2-4-10(14)12(16)17/h8-10,13H,2-7H2,1H3,(H,16,17). The van der Waals surface area contributed by atoms with Gasteiger partial charge >= 0.3 is 5.97 Å². The van der Waals surface area contributed by atoms with Gasteiger partial charge in [-0.3, -0.25) is 4.79 Å². The largest absolute Gasteiger partial charge is 0.480 e.